The van der Waals surface area contributed by atoms with E-state index < -0.39 is 13.9 Å². The molecule has 0 aliphatic heterocycles. The average molecular weight is 515 g/mol. The minimum atomic E-state index is -1.77. The fourth-order valence-electron chi connectivity index (χ4n) is 7.31. The molecule has 2 aliphatic rings. The standard InChI is InChI=1S/C33H58O2Si/c1-12-15-27(17-14-16-25(3)4)23-28-20-22-32(9)29(18-19-30(32)33(28,34)21-13-2)26(5)24-35-36(10,11)31(6,7)8/h1,13-14,16,25-30,34H,2,15,17-24H2,3-11H3/b16-14+/t26-,27-,28+,29-,30-,32-,33+/m1/s1. The van der Waals surface area contributed by atoms with Crippen molar-refractivity contribution in [3.8, 4) is 12.3 Å². The van der Waals surface area contributed by atoms with Gasteiger partial charge in [-0.3, -0.25) is 0 Å². The van der Waals surface area contributed by atoms with Crippen molar-refractivity contribution in [2.75, 3.05) is 6.61 Å². The maximum Gasteiger partial charge on any atom is 0.191 e. The molecule has 0 bridgehead atoms. The zero-order valence-electron chi connectivity index (χ0n) is 25.2. The largest absolute Gasteiger partial charge is 0.417 e. The third kappa shape index (κ3) is 6.97. The number of fused-ring (bicyclic) bond motifs is 1. The lowest BCUT2D eigenvalue weighted by Crippen LogP contribution is -2.55. The van der Waals surface area contributed by atoms with Crippen molar-refractivity contribution in [3.63, 3.8) is 0 Å². The van der Waals surface area contributed by atoms with Gasteiger partial charge in [0.2, 0.25) is 0 Å². The lowest BCUT2D eigenvalue weighted by Gasteiger charge is -2.55. The summed E-state index contributed by atoms with van der Waals surface area (Å²) in [6.45, 7) is 25.9. The first-order valence-electron chi connectivity index (χ1n) is 14.7. The highest BCUT2D eigenvalue weighted by molar-refractivity contribution is 6.74. The SMILES string of the molecule is C#CC[C@H](C/C=C/C(C)C)C[C@@H]1CC[C@]2(C)[C@@H]([C@H](C)CO[Si](C)(C)C(C)(C)C)CC[C@H]2[C@]1(O)CC=C. The molecule has 2 nitrogen and oxygen atoms in total. The summed E-state index contributed by atoms with van der Waals surface area (Å²) < 4.78 is 6.68. The molecule has 2 fully saturated rings. The van der Waals surface area contributed by atoms with Crippen LogP contribution in [-0.4, -0.2) is 25.6 Å². The third-order valence-corrected chi connectivity index (χ3v) is 14.9. The molecule has 3 heteroatoms. The smallest absolute Gasteiger partial charge is 0.191 e. The highest BCUT2D eigenvalue weighted by atomic mass is 28.4. The van der Waals surface area contributed by atoms with Crippen LogP contribution in [-0.2, 0) is 4.43 Å². The van der Waals surface area contributed by atoms with Gasteiger partial charge in [0.1, 0.15) is 0 Å². The van der Waals surface area contributed by atoms with Crippen molar-refractivity contribution in [1.29, 1.82) is 0 Å². The van der Waals surface area contributed by atoms with Crippen LogP contribution in [0.2, 0.25) is 18.1 Å². The number of allylic oxidation sites excluding steroid dienone is 2. The van der Waals surface area contributed by atoms with E-state index in [2.05, 4.69) is 86.2 Å². The Morgan fingerprint density at radius 2 is 1.86 bits per heavy atom. The van der Waals surface area contributed by atoms with Gasteiger partial charge in [-0.25, -0.2) is 0 Å². The molecule has 0 spiro atoms. The van der Waals surface area contributed by atoms with Crippen LogP contribution in [0.25, 0.3) is 0 Å². The summed E-state index contributed by atoms with van der Waals surface area (Å²) in [5.41, 5.74) is -0.526. The van der Waals surface area contributed by atoms with E-state index in [1.165, 1.54) is 12.8 Å². The van der Waals surface area contributed by atoms with Crippen LogP contribution in [0.15, 0.2) is 24.8 Å². The van der Waals surface area contributed by atoms with Crippen LogP contribution in [0.4, 0.5) is 0 Å². The van der Waals surface area contributed by atoms with Gasteiger partial charge in [0.15, 0.2) is 8.32 Å². The van der Waals surface area contributed by atoms with Crippen molar-refractivity contribution < 1.29 is 9.53 Å². The number of hydrogen-bond acceptors (Lipinski definition) is 2. The molecule has 0 heterocycles. The predicted octanol–water partition coefficient (Wildman–Crippen LogP) is 9.03. The van der Waals surface area contributed by atoms with Gasteiger partial charge in [0.05, 0.1) is 5.60 Å². The van der Waals surface area contributed by atoms with Crippen molar-refractivity contribution in [2.24, 2.45) is 40.9 Å². The monoisotopic (exact) mass is 514 g/mol. The third-order valence-electron chi connectivity index (χ3n) is 10.4. The summed E-state index contributed by atoms with van der Waals surface area (Å²) in [6.07, 6.45) is 20.4. The zero-order chi connectivity index (χ0) is 27.4. The summed E-state index contributed by atoms with van der Waals surface area (Å²) in [4.78, 5) is 0. The zero-order valence-corrected chi connectivity index (χ0v) is 26.2. The van der Waals surface area contributed by atoms with Gasteiger partial charge in [-0.2, -0.15) is 0 Å². The second-order valence-electron chi connectivity index (χ2n) is 14.4. The van der Waals surface area contributed by atoms with E-state index >= 15 is 0 Å². The Morgan fingerprint density at radius 3 is 2.42 bits per heavy atom. The molecule has 7 atom stereocenters. The van der Waals surface area contributed by atoms with E-state index in [1.807, 2.05) is 6.08 Å². The summed E-state index contributed by atoms with van der Waals surface area (Å²) in [6, 6.07) is 0. The van der Waals surface area contributed by atoms with Gasteiger partial charge in [0, 0.05) is 13.0 Å². The Labute approximate surface area is 225 Å². The van der Waals surface area contributed by atoms with Gasteiger partial charge in [-0.05, 0) is 104 Å². The molecule has 0 aromatic heterocycles. The first-order valence-corrected chi connectivity index (χ1v) is 17.6. The van der Waals surface area contributed by atoms with E-state index in [0.717, 1.165) is 38.7 Å². The molecule has 0 aromatic carbocycles. The maximum atomic E-state index is 12.4. The Hall–Kier alpha value is -0.823. The van der Waals surface area contributed by atoms with Crippen molar-refractivity contribution in [1.82, 2.24) is 0 Å². The van der Waals surface area contributed by atoms with Gasteiger partial charge < -0.3 is 9.53 Å². The van der Waals surface area contributed by atoms with E-state index in [1.54, 1.807) is 0 Å². The summed E-state index contributed by atoms with van der Waals surface area (Å²) in [7, 11) is -1.77. The Kier molecular flexibility index (Phi) is 10.8. The van der Waals surface area contributed by atoms with Crippen LogP contribution in [0, 0.1) is 53.3 Å². The van der Waals surface area contributed by atoms with Crippen molar-refractivity contribution in [2.45, 2.75) is 124 Å². The molecule has 0 aromatic rings. The highest BCUT2D eigenvalue weighted by Crippen LogP contribution is 2.63. The minimum absolute atomic E-state index is 0.156. The van der Waals surface area contributed by atoms with Gasteiger partial charge in [-0.15, -0.1) is 18.9 Å². The second kappa shape index (κ2) is 12.4. The first kappa shape index (κ1) is 31.4. The lowest BCUT2D eigenvalue weighted by molar-refractivity contribution is -0.151. The quantitative estimate of drug-likeness (QED) is 0.160. The van der Waals surface area contributed by atoms with E-state index in [0.29, 0.717) is 36.0 Å². The minimum Gasteiger partial charge on any atom is -0.417 e. The topological polar surface area (TPSA) is 29.5 Å². The first-order chi connectivity index (χ1) is 16.6. The second-order valence-corrected chi connectivity index (χ2v) is 19.2. The summed E-state index contributed by atoms with van der Waals surface area (Å²) in [5, 5.41) is 12.6. The molecule has 0 saturated heterocycles. The van der Waals surface area contributed by atoms with E-state index in [9.17, 15) is 5.11 Å². The Bertz CT molecular complexity index is 784. The molecule has 0 radical (unpaired) electrons. The molecule has 0 unspecified atom stereocenters. The maximum absolute atomic E-state index is 12.4. The number of rotatable bonds is 12. The molecule has 2 rings (SSSR count). The Balaban J connectivity index is 2.20. The van der Waals surface area contributed by atoms with Crippen LogP contribution in [0.5, 0.6) is 0 Å². The van der Waals surface area contributed by atoms with Crippen LogP contribution in [0.3, 0.4) is 0 Å². The molecular formula is C33H58O2Si. The molecular weight excluding hydrogens is 456 g/mol. The normalized spacial score (nSPS) is 32.9. The average Bonchev–Trinajstić information content (AvgIpc) is 3.12. The summed E-state index contributed by atoms with van der Waals surface area (Å²) in [5.74, 6) is 5.63. The molecule has 2 aliphatic carbocycles. The van der Waals surface area contributed by atoms with Crippen molar-refractivity contribution >= 4 is 8.32 Å². The summed E-state index contributed by atoms with van der Waals surface area (Å²) >= 11 is 0. The molecule has 1 N–H and O–H groups in total. The highest BCUT2D eigenvalue weighted by Gasteiger charge is 2.60. The van der Waals surface area contributed by atoms with Gasteiger partial charge in [0.25, 0.3) is 0 Å². The molecule has 0 amide bonds. The Morgan fingerprint density at radius 1 is 1.19 bits per heavy atom. The van der Waals surface area contributed by atoms with Gasteiger partial charge in [-0.1, -0.05) is 66.7 Å². The molecule has 36 heavy (non-hydrogen) atoms. The van der Waals surface area contributed by atoms with Crippen LogP contribution in [0.1, 0.15) is 99.8 Å². The molecule has 2 saturated carbocycles. The van der Waals surface area contributed by atoms with Crippen LogP contribution >= 0.6 is 0 Å². The fraction of sp³-hybridized carbons (Fsp3) is 0.818. The predicted molar refractivity (Wildman–Crippen MR) is 159 cm³/mol. The molecule has 206 valence electrons. The number of aliphatic hydroxyl groups is 1. The van der Waals surface area contributed by atoms with E-state index in [-0.39, 0.29) is 16.4 Å². The number of terminal acetylenes is 1. The lowest BCUT2D eigenvalue weighted by atomic mass is 9.53. The van der Waals surface area contributed by atoms with Gasteiger partial charge >= 0.3 is 0 Å². The van der Waals surface area contributed by atoms with Crippen LogP contribution < -0.4 is 0 Å². The fourth-order valence-corrected chi connectivity index (χ4v) is 8.42. The van der Waals surface area contributed by atoms with Crippen molar-refractivity contribution in [3.05, 3.63) is 24.8 Å². The number of hydrogen-bond donors (Lipinski definition) is 1. The van der Waals surface area contributed by atoms with E-state index in [4.69, 9.17) is 10.8 Å².